The molecule has 1 aliphatic rings. The van der Waals surface area contributed by atoms with Gasteiger partial charge in [-0.2, -0.15) is 0 Å². The summed E-state index contributed by atoms with van der Waals surface area (Å²) in [5.41, 5.74) is 1.09. The van der Waals surface area contributed by atoms with Gasteiger partial charge in [-0.15, -0.1) is 0 Å². The second-order valence-electron chi connectivity index (χ2n) is 6.31. The van der Waals surface area contributed by atoms with Crippen LogP contribution in [0.5, 0.6) is 0 Å². The number of nitrogens with zero attached hydrogens (tertiary/aromatic N) is 3. The molecule has 1 aliphatic heterocycles. The van der Waals surface area contributed by atoms with Gasteiger partial charge in [-0.3, -0.25) is 0 Å². The number of hydrogen-bond donors (Lipinski definition) is 1. The predicted molar refractivity (Wildman–Crippen MR) is 101 cm³/mol. The largest absolute Gasteiger partial charge is 0.366 e. The summed E-state index contributed by atoms with van der Waals surface area (Å²) in [7, 11) is -1.04. The van der Waals surface area contributed by atoms with E-state index in [1.54, 1.807) is 0 Å². The Balaban J connectivity index is 1.72. The Labute approximate surface area is 153 Å². The first-order valence-electron chi connectivity index (χ1n) is 8.10. The third-order valence-corrected chi connectivity index (χ3v) is 6.33. The molecule has 1 aromatic carbocycles. The van der Waals surface area contributed by atoms with Gasteiger partial charge in [-0.25, -0.2) is 18.4 Å². The van der Waals surface area contributed by atoms with E-state index in [1.807, 2.05) is 49.2 Å². The first kappa shape index (κ1) is 17.9. The fourth-order valence-electron chi connectivity index (χ4n) is 2.89. The maximum Gasteiger partial charge on any atom is 0.152 e. The molecular formula is C17H21ClN4O2S. The minimum atomic E-state index is -2.93. The summed E-state index contributed by atoms with van der Waals surface area (Å²) < 4.78 is 23.4. The SMILES string of the molecule is Cc1nc(NCc2ccc(Cl)cc2)cc(N(C)C2CCS(=O)(=O)C2)n1. The summed E-state index contributed by atoms with van der Waals surface area (Å²) in [4.78, 5) is 10.8. The zero-order chi connectivity index (χ0) is 18.0. The molecule has 1 aromatic heterocycles. The smallest absolute Gasteiger partial charge is 0.152 e. The van der Waals surface area contributed by atoms with Gasteiger partial charge >= 0.3 is 0 Å². The van der Waals surface area contributed by atoms with E-state index in [0.29, 0.717) is 29.6 Å². The van der Waals surface area contributed by atoms with Crippen LogP contribution in [0.25, 0.3) is 0 Å². The van der Waals surface area contributed by atoms with Crippen molar-refractivity contribution in [3.8, 4) is 0 Å². The van der Waals surface area contributed by atoms with Crippen molar-refractivity contribution in [3.63, 3.8) is 0 Å². The van der Waals surface area contributed by atoms with E-state index in [9.17, 15) is 8.42 Å². The fourth-order valence-corrected chi connectivity index (χ4v) is 4.79. The summed E-state index contributed by atoms with van der Waals surface area (Å²) in [6.07, 6.45) is 0.634. The highest BCUT2D eigenvalue weighted by molar-refractivity contribution is 7.91. The first-order valence-corrected chi connectivity index (χ1v) is 10.3. The van der Waals surface area contributed by atoms with Gasteiger partial charge in [0, 0.05) is 30.7 Å². The molecule has 2 aromatic rings. The van der Waals surface area contributed by atoms with Gasteiger partial charge in [0.25, 0.3) is 0 Å². The lowest BCUT2D eigenvalue weighted by Gasteiger charge is -2.25. The molecule has 0 bridgehead atoms. The molecule has 0 spiro atoms. The molecule has 134 valence electrons. The molecule has 25 heavy (non-hydrogen) atoms. The third kappa shape index (κ3) is 4.61. The molecule has 3 rings (SSSR count). The third-order valence-electron chi connectivity index (χ3n) is 4.33. The number of anilines is 2. The second kappa shape index (κ2) is 7.17. The van der Waals surface area contributed by atoms with Crippen molar-refractivity contribution in [1.29, 1.82) is 0 Å². The standard InChI is InChI=1S/C17H21ClN4O2S/c1-12-20-16(19-10-13-3-5-14(18)6-4-13)9-17(21-12)22(2)15-7-8-25(23,24)11-15/h3-6,9,15H,7-8,10-11H2,1-2H3,(H,19,20,21). The molecule has 1 saturated heterocycles. The molecule has 0 saturated carbocycles. The van der Waals surface area contributed by atoms with E-state index in [4.69, 9.17) is 11.6 Å². The topological polar surface area (TPSA) is 75.2 Å². The number of sulfone groups is 1. The summed E-state index contributed by atoms with van der Waals surface area (Å²) in [5, 5.41) is 3.99. The van der Waals surface area contributed by atoms with Crippen LogP contribution in [0.15, 0.2) is 30.3 Å². The van der Waals surface area contributed by atoms with Gasteiger partial charge in [0.1, 0.15) is 17.5 Å². The molecule has 0 aliphatic carbocycles. The van der Waals surface area contributed by atoms with Gasteiger partial charge in [0.05, 0.1) is 11.5 Å². The average molecular weight is 381 g/mol. The molecule has 2 heterocycles. The quantitative estimate of drug-likeness (QED) is 0.859. The molecule has 1 atom stereocenters. The lowest BCUT2D eigenvalue weighted by molar-refractivity contribution is 0.600. The van der Waals surface area contributed by atoms with Crippen molar-refractivity contribution in [3.05, 3.63) is 46.7 Å². The summed E-state index contributed by atoms with van der Waals surface area (Å²) in [6.45, 7) is 2.45. The lowest BCUT2D eigenvalue weighted by Crippen LogP contribution is -2.33. The van der Waals surface area contributed by atoms with Crippen LogP contribution < -0.4 is 10.2 Å². The zero-order valence-corrected chi connectivity index (χ0v) is 15.8. The predicted octanol–water partition coefficient (Wildman–Crippen LogP) is 2.67. The van der Waals surface area contributed by atoms with Crippen molar-refractivity contribution in [1.82, 2.24) is 9.97 Å². The molecule has 1 unspecified atom stereocenters. The summed E-state index contributed by atoms with van der Waals surface area (Å²) >= 11 is 5.90. The van der Waals surface area contributed by atoms with Crippen LogP contribution in [0.4, 0.5) is 11.6 Å². The van der Waals surface area contributed by atoms with Crippen LogP contribution in [0.2, 0.25) is 5.02 Å². The Morgan fingerprint density at radius 2 is 2.00 bits per heavy atom. The molecule has 1 fully saturated rings. The van der Waals surface area contributed by atoms with E-state index in [-0.39, 0.29) is 17.5 Å². The van der Waals surface area contributed by atoms with E-state index >= 15 is 0 Å². The Morgan fingerprint density at radius 1 is 1.28 bits per heavy atom. The van der Waals surface area contributed by atoms with Crippen molar-refractivity contribution < 1.29 is 8.42 Å². The number of nitrogens with one attached hydrogen (secondary N) is 1. The van der Waals surface area contributed by atoms with Crippen LogP contribution in [-0.4, -0.2) is 43.0 Å². The highest BCUT2D eigenvalue weighted by atomic mass is 35.5. The maximum absolute atomic E-state index is 11.7. The monoisotopic (exact) mass is 380 g/mol. The van der Waals surface area contributed by atoms with Crippen molar-refractivity contribution in [2.75, 3.05) is 28.8 Å². The van der Waals surface area contributed by atoms with E-state index < -0.39 is 9.84 Å². The first-order chi connectivity index (χ1) is 11.8. The number of halogens is 1. The highest BCUT2D eigenvalue weighted by Gasteiger charge is 2.31. The zero-order valence-electron chi connectivity index (χ0n) is 14.2. The number of rotatable bonds is 5. The number of aryl methyl sites for hydroxylation is 1. The van der Waals surface area contributed by atoms with Gasteiger partial charge in [-0.05, 0) is 31.0 Å². The lowest BCUT2D eigenvalue weighted by atomic mass is 10.2. The van der Waals surface area contributed by atoms with Gasteiger partial charge in [-0.1, -0.05) is 23.7 Å². The molecule has 0 radical (unpaired) electrons. The maximum atomic E-state index is 11.7. The Morgan fingerprint density at radius 3 is 2.64 bits per heavy atom. The van der Waals surface area contributed by atoms with Crippen LogP contribution in [0.3, 0.4) is 0 Å². The number of aromatic nitrogens is 2. The van der Waals surface area contributed by atoms with Gasteiger partial charge < -0.3 is 10.2 Å². The Kier molecular flexibility index (Phi) is 5.15. The molecular weight excluding hydrogens is 360 g/mol. The van der Waals surface area contributed by atoms with E-state index in [1.165, 1.54) is 0 Å². The van der Waals surface area contributed by atoms with Gasteiger partial charge in [0.2, 0.25) is 0 Å². The molecule has 6 nitrogen and oxygen atoms in total. The van der Waals surface area contributed by atoms with Crippen LogP contribution >= 0.6 is 11.6 Å². The Hall–Kier alpha value is -1.86. The van der Waals surface area contributed by atoms with E-state index in [0.717, 1.165) is 11.4 Å². The fraction of sp³-hybridized carbons (Fsp3) is 0.412. The summed E-state index contributed by atoms with van der Waals surface area (Å²) in [5.74, 6) is 2.51. The molecule has 1 N–H and O–H groups in total. The minimum Gasteiger partial charge on any atom is -0.366 e. The van der Waals surface area contributed by atoms with Gasteiger partial charge in [0.15, 0.2) is 9.84 Å². The van der Waals surface area contributed by atoms with Crippen molar-refractivity contribution >= 4 is 33.1 Å². The Bertz CT molecular complexity index is 855. The average Bonchev–Trinajstić information content (AvgIpc) is 2.93. The second-order valence-corrected chi connectivity index (χ2v) is 8.97. The number of hydrogen-bond acceptors (Lipinski definition) is 6. The molecule has 8 heteroatoms. The highest BCUT2D eigenvalue weighted by Crippen LogP contribution is 2.23. The van der Waals surface area contributed by atoms with Crippen LogP contribution in [0, 0.1) is 6.92 Å². The van der Waals surface area contributed by atoms with Crippen molar-refractivity contribution in [2.45, 2.75) is 25.9 Å². The number of benzene rings is 1. The van der Waals surface area contributed by atoms with E-state index in [2.05, 4.69) is 15.3 Å². The minimum absolute atomic E-state index is 0.0385. The molecule has 0 amide bonds. The summed E-state index contributed by atoms with van der Waals surface area (Å²) in [6, 6.07) is 9.43. The van der Waals surface area contributed by atoms with Crippen LogP contribution in [0.1, 0.15) is 17.8 Å². The van der Waals surface area contributed by atoms with Crippen LogP contribution in [-0.2, 0) is 16.4 Å². The normalized spacial score (nSPS) is 18.9. The van der Waals surface area contributed by atoms with Crippen molar-refractivity contribution in [2.24, 2.45) is 0 Å².